The van der Waals surface area contributed by atoms with E-state index in [4.69, 9.17) is 11.6 Å². The van der Waals surface area contributed by atoms with Crippen LogP contribution in [0.25, 0.3) is 0 Å². The lowest BCUT2D eigenvalue weighted by molar-refractivity contribution is 0.328. The first-order valence-electron chi connectivity index (χ1n) is 9.16. The van der Waals surface area contributed by atoms with Gasteiger partial charge in [0.05, 0.1) is 0 Å². The van der Waals surface area contributed by atoms with Crippen molar-refractivity contribution in [2.24, 2.45) is 14.1 Å². The zero-order valence-corrected chi connectivity index (χ0v) is 19.2. The first kappa shape index (κ1) is 22.5. The molecule has 1 atom stereocenters. The third kappa shape index (κ3) is 4.59. The smallest absolute Gasteiger partial charge is 0.302 e. The summed E-state index contributed by atoms with van der Waals surface area (Å²) < 4.78 is 30.4. The van der Waals surface area contributed by atoms with Crippen molar-refractivity contribution in [2.45, 2.75) is 30.8 Å². The number of nitrogens with zero attached hydrogens (tertiary/aromatic N) is 3. The molecule has 10 heteroatoms. The molecule has 0 aliphatic heterocycles. The van der Waals surface area contributed by atoms with E-state index < -0.39 is 32.2 Å². The van der Waals surface area contributed by atoms with Crippen LogP contribution in [-0.4, -0.2) is 27.9 Å². The summed E-state index contributed by atoms with van der Waals surface area (Å²) >= 11 is 7.50. The van der Waals surface area contributed by atoms with E-state index in [1.54, 1.807) is 42.5 Å². The fourth-order valence-corrected chi connectivity index (χ4v) is 5.87. The monoisotopic (exact) mass is 467 g/mol. The van der Waals surface area contributed by atoms with Crippen molar-refractivity contribution in [3.63, 3.8) is 0 Å². The largest absolute Gasteiger partial charge is 0.330 e. The Balaban J connectivity index is 2.09. The van der Waals surface area contributed by atoms with Gasteiger partial charge >= 0.3 is 5.69 Å². The maximum atomic E-state index is 13.6. The van der Waals surface area contributed by atoms with Crippen LogP contribution in [0.1, 0.15) is 17.4 Å². The van der Waals surface area contributed by atoms with Gasteiger partial charge in [-0.2, -0.15) is 4.31 Å². The summed E-state index contributed by atoms with van der Waals surface area (Å²) in [7, 11) is -1.51. The predicted molar refractivity (Wildman–Crippen MR) is 119 cm³/mol. The molecule has 3 rings (SSSR count). The van der Waals surface area contributed by atoms with E-state index in [1.165, 1.54) is 18.4 Å². The molecule has 2 aromatic heterocycles. The molecular formula is C20H22ClN3O4S2. The number of halogens is 1. The molecule has 1 unspecified atom stereocenters. The van der Waals surface area contributed by atoms with Gasteiger partial charge in [-0.3, -0.25) is 9.36 Å². The number of hydrogen-bond donors (Lipinski definition) is 0. The molecule has 0 amide bonds. The SMILES string of the molecule is CC(Cc1cccs1)N(Cc1ccc(Cl)cc1)S(=O)(=O)c1cn(C)c(=O)n(C)c1=O. The van der Waals surface area contributed by atoms with Crippen LogP contribution in [0.15, 0.2) is 62.5 Å². The summed E-state index contributed by atoms with van der Waals surface area (Å²) in [5.74, 6) is 0. The predicted octanol–water partition coefficient (Wildman–Crippen LogP) is 2.62. The highest BCUT2D eigenvalue weighted by Crippen LogP contribution is 2.23. The minimum absolute atomic E-state index is 0.0675. The number of aryl methyl sites for hydroxylation is 1. The Bertz CT molecular complexity index is 1250. The van der Waals surface area contributed by atoms with Crippen LogP contribution in [0.5, 0.6) is 0 Å². The van der Waals surface area contributed by atoms with Gasteiger partial charge in [0.25, 0.3) is 15.6 Å². The highest BCUT2D eigenvalue weighted by molar-refractivity contribution is 7.89. The minimum atomic E-state index is -4.19. The van der Waals surface area contributed by atoms with Gasteiger partial charge in [-0.05, 0) is 42.5 Å². The third-order valence-electron chi connectivity index (χ3n) is 4.82. The van der Waals surface area contributed by atoms with Crippen LogP contribution >= 0.6 is 22.9 Å². The van der Waals surface area contributed by atoms with E-state index >= 15 is 0 Å². The lowest BCUT2D eigenvalue weighted by atomic mass is 10.1. The van der Waals surface area contributed by atoms with Crippen LogP contribution in [-0.2, 0) is 37.1 Å². The zero-order chi connectivity index (χ0) is 22.1. The summed E-state index contributed by atoms with van der Waals surface area (Å²) in [6.45, 7) is 1.87. The molecule has 0 aliphatic rings. The number of aromatic nitrogens is 2. The molecule has 0 saturated heterocycles. The second kappa shape index (κ2) is 8.89. The van der Waals surface area contributed by atoms with Crippen LogP contribution in [0.2, 0.25) is 5.02 Å². The van der Waals surface area contributed by atoms with Crippen molar-refractivity contribution < 1.29 is 8.42 Å². The van der Waals surface area contributed by atoms with Crippen LogP contribution in [0.3, 0.4) is 0 Å². The Morgan fingerprint density at radius 1 is 1.13 bits per heavy atom. The van der Waals surface area contributed by atoms with Gasteiger partial charge in [0, 0.05) is 42.8 Å². The molecule has 0 radical (unpaired) electrons. The molecule has 0 saturated carbocycles. The standard InChI is InChI=1S/C20H22ClN3O4S2/c1-14(11-17-5-4-10-29-17)24(12-15-6-8-16(21)9-7-15)30(27,28)18-13-22(2)20(26)23(3)19(18)25/h4-10,13-14H,11-12H2,1-3H3. The molecule has 0 aliphatic carbocycles. The van der Waals surface area contributed by atoms with Gasteiger partial charge in [0.15, 0.2) is 4.90 Å². The molecule has 0 spiro atoms. The third-order valence-corrected chi connectivity index (χ3v) is 7.91. The minimum Gasteiger partial charge on any atom is -0.302 e. The normalized spacial score (nSPS) is 13.0. The second-order valence-electron chi connectivity index (χ2n) is 7.06. The van der Waals surface area contributed by atoms with E-state index in [9.17, 15) is 18.0 Å². The van der Waals surface area contributed by atoms with E-state index in [0.717, 1.165) is 25.8 Å². The maximum absolute atomic E-state index is 13.6. The van der Waals surface area contributed by atoms with E-state index in [-0.39, 0.29) is 6.54 Å². The van der Waals surface area contributed by atoms with Crippen molar-refractivity contribution in [1.29, 1.82) is 0 Å². The Morgan fingerprint density at radius 3 is 2.40 bits per heavy atom. The van der Waals surface area contributed by atoms with Crippen LogP contribution in [0, 0.1) is 0 Å². The molecule has 0 N–H and O–H groups in total. The van der Waals surface area contributed by atoms with Gasteiger partial charge in [-0.15, -0.1) is 11.3 Å². The molecule has 7 nitrogen and oxygen atoms in total. The van der Waals surface area contributed by atoms with Gasteiger partial charge in [-0.1, -0.05) is 29.8 Å². The summed E-state index contributed by atoms with van der Waals surface area (Å²) in [5.41, 5.74) is -0.694. The van der Waals surface area contributed by atoms with Crippen LogP contribution in [0.4, 0.5) is 0 Å². The van der Waals surface area contributed by atoms with Gasteiger partial charge in [-0.25, -0.2) is 13.2 Å². The molecule has 30 heavy (non-hydrogen) atoms. The van der Waals surface area contributed by atoms with Crippen molar-refractivity contribution >= 4 is 33.0 Å². The maximum Gasteiger partial charge on any atom is 0.330 e. The molecule has 0 bridgehead atoms. The van der Waals surface area contributed by atoms with E-state index in [0.29, 0.717) is 11.4 Å². The Hall–Kier alpha value is -2.20. The van der Waals surface area contributed by atoms with E-state index in [2.05, 4.69) is 0 Å². The number of rotatable bonds is 7. The highest BCUT2D eigenvalue weighted by atomic mass is 35.5. The lowest BCUT2D eigenvalue weighted by Gasteiger charge is -2.28. The van der Waals surface area contributed by atoms with Crippen molar-refractivity contribution in [2.75, 3.05) is 0 Å². The van der Waals surface area contributed by atoms with Gasteiger partial charge in [0.1, 0.15) is 0 Å². The number of sulfonamides is 1. The first-order valence-corrected chi connectivity index (χ1v) is 11.9. The number of thiophene rings is 1. The second-order valence-corrected chi connectivity index (χ2v) is 10.4. The number of benzene rings is 1. The molecule has 0 fully saturated rings. The topological polar surface area (TPSA) is 81.4 Å². The molecule has 1 aromatic carbocycles. The van der Waals surface area contributed by atoms with E-state index in [1.807, 2.05) is 17.5 Å². The summed E-state index contributed by atoms with van der Waals surface area (Å²) in [6, 6.07) is 10.3. The highest BCUT2D eigenvalue weighted by Gasteiger charge is 2.33. The molecule has 160 valence electrons. The fourth-order valence-electron chi connectivity index (χ4n) is 3.15. The van der Waals surface area contributed by atoms with Gasteiger partial charge in [0.2, 0.25) is 0 Å². The average molecular weight is 468 g/mol. The van der Waals surface area contributed by atoms with Crippen molar-refractivity contribution in [1.82, 2.24) is 13.4 Å². The van der Waals surface area contributed by atoms with Gasteiger partial charge < -0.3 is 4.57 Å². The Kier molecular flexibility index (Phi) is 6.66. The molecule has 2 heterocycles. The summed E-state index contributed by atoms with van der Waals surface area (Å²) in [6.07, 6.45) is 1.59. The quantitative estimate of drug-likeness (QED) is 0.535. The van der Waals surface area contributed by atoms with Crippen molar-refractivity contribution in [3.05, 3.63) is 84.3 Å². The average Bonchev–Trinajstić information content (AvgIpc) is 3.21. The molecule has 3 aromatic rings. The van der Waals surface area contributed by atoms with Crippen LogP contribution < -0.4 is 11.2 Å². The lowest BCUT2D eigenvalue weighted by Crippen LogP contribution is -2.45. The Morgan fingerprint density at radius 2 is 1.80 bits per heavy atom. The zero-order valence-electron chi connectivity index (χ0n) is 16.8. The molecular weight excluding hydrogens is 446 g/mol. The number of hydrogen-bond acceptors (Lipinski definition) is 5. The fraction of sp³-hybridized carbons (Fsp3) is 0.300. The first-order chi connectivity index (χ1) is 14.1. The summed E-state index contributed by atoms with van der Waals surface area (Å²) in [4.78, 5) is 25.3. The van der Waals surface area contributed by atoms with Crippen molar-refractivity contribution in [3.8, 4) is 0 Å². The summed E-state index contributed by atoms with van der Waals surface area (Å²) in [5, 5.41) is 2.48. The Labute approximate surface area is 183 Å².